The molecule has 18 heavy (non-hydrogen) atoms. The number of rotatable bonds is 3. The van der Waals surface area contributed by atoms with E-state index in [-0.39, 0.29) is 0 Å². The van der Waals surface area contributed by atoms with Crippen molar-refractivity contribution in [1.82, 2.24) is 10.2 Å². The molecule has 0 amide bonds. The lowest BCUT2D eigenvalue weighted by molar-refractivity contribution is 0.244. The summed E-state index contributed by atoms with van der Waals surface area (Å²) in [7, 11) is 0. The molecule has 1 aliphatic rings. The lowest BCUT2D eigenvalue weighted by Gasteiger charge is -2.27. The second-order valence-electron chi connectivity index (χ2n) is 5.07. The van der Waals surface area contributed by atoms with Crippen LogP contribution in [0.5, 0.6) is 0 Å². The number of piperazine rings is 1. The Morgan fingerprint density at radius 1 is 1.22 bits per heavy atom. The molecule has 1 aromatic heterocycles. The highest BCUT2D eigenvalue weighted by Gasteiger charge is 2.09. The fraction of sp³-hybridized carbons (Fsp3) is 0.467. The summed E-state index contributed by atoms with van der Waals surface area (Å²) in [5.74, 6) is 0.990. The van der Waals surface area contributed by atoms with Crippen molar-refractivity contribution in [3.05, 3.63) is 35.6 Å². The minimum atomic E-state index is 0.990. The first-order valence-corrected chi connectivity index (χ1v) is 6.73. The first kappa shape index (κ1) is 11.8. The molecule has 0 spiro atoms. The highest BCUT2D eigenvalue weighted by atomic mass is 16.3. The molecule has 2 aromatic rings. The highest BCUT2D eigenvalue weighted by Crippen LogP contribution is 2.20. The Morgan fingerprint density at radius 3 is 2.89 bits per heavy atom. The van der Waals surface area contributed by atoms with E-state index in [9.17, 15) is 0 Å². The van der Waals surface area contributed by atoms with E-state index in [2.05, 4.69) is 34.5 Å². The third kappa shape index (κ3) is 2.57. The average molecular weight is 244 g/mol. The molecule has 3 heteroatoms. The lowest BCUT2D eigenvalue weighted by Crippen LogP contribution is -2.44. The average Bonchev–Trinajstić information content (AvgIpc) is 2.77. The maximum absolute atomic E-state index is 5.68. The van der Waals surface area contributed by atoms with E-state index in [4.69, 9.17) is 4.42 Å². The number of benzene rings is 1. The van der Waals surface area contributed by atoms with E-state index in [1.807, 2.05) is 6.92 Å². The third-order valence-corrected chi connectivity index (χ3v) is 3.63. The number of nitrogens with zero attached hydrogens (tertiary/aromatic N) is 1. The Morgan fingerprint density at radius 2 is 2.06 bits per heavy atom. The molecule has 1 aromatic carbocycles. The topological polar surface area (TPSA) is 28.4 Å². The van der Waals surface area contributed by atoms with Crippen molar-refractivity contribution >= 4 is 11.0 Å². The van der Waals surface area contributed by atoms with Crippen LogP contribution in [0.25, 0.3) is 11.0 Å². The van der Waals surface area contributed by atoms with E-state index in [0.29, 0.717) is 0 Å². The van der Waals surface area contributed by atoms with Gasteiger partial charge in [-0.05, 0) is 31.0 Å². The van der Waals surface area contributed by atoms with Crippen LogP contribution in [0.15, 0.2) is 28.7 Å². The number of hydrogen-bond acceptors (Lipinski definition) is 3. The molecule has 1 fully saturated rings. The summed E-state index contributed by atoms with van der Waals surface area (Å²) in [5, 5.41) is 4.59. The van der Waals surface area contributed by atoms with Crippen LogP contribution in [0.3, 0.4) is 0 Å². The first-order valence-electron chi connectivity index (χ1n) is 6.73. The summed E-state index contributed by atoms with van der Waals surface area (Å²) in [6.07, 6.45) is 1.11. The molecule has 2 heterocycles. The van der Waals surface area contributed by atoms with Gasteiger partial charge in [0.2, 0.25) is 0 Å². The minimum Gasteiger partial charge on any atom is -0.461 e. The van der Waals surface area contributed by atoms with Crippen LogP contribution in [-0.2, 0) is 6.42 Å². The first-order chi connectivity index (χ1) is 8.81. The zero-order chi connectivity index (χ0) is 12.4. The second-order valence-corrected chi connectivity index (χ2v) is 5.07. The van der Waals surface area contributed by atoms with Crippen molar-refractivity contribution in [3.8, 4) is 0 Å². The van der Waals surface area contributed by atoms with Crippen molar-refractivity contribution in [3.63, 3.8) is 0 Å². The monoisotopic (exact) mass is 244 g/mol. The standard InChI is InChI=1S/C15H20N2O/c1-12-10-14-3-2-13(11-15(14)18-12)4-7-17-8-5-16-6-9-17/h2-3,10-11,16H,4-9H2,1H3. The molecule has 0 bridgehead atoms. The highest BCUT2D eigenvalue weighted by molar-refractivity contribution is 5.78. The molecule has 0 atom stereocenters. The maximum atomic E-state index is 5.68. The Labute approximate surface area is 108 Å². The van der Waals surface area contributed by atoms with Crippen molar-refractivity contribution < 1.29 is 4.42 Å². The zero-order valence-electron chi connectivity index (χ0n) is 10.9. The maximum Gasteiger partial charge on any atom is 0.134 e. The molecule has 0 radical (unpaired) electrons. The molecule has 96 valence electrons. The van der Waals surface area contributed by atoms with Gasteiger partial charge in [-0.25, -0.2) is 0 Å². The summed E-state index contributed by atoms with van der Waals surface area (Å²) in [6, 6.07) is 8.67. The normalized spacial score (nSPS) is 17.4. The van der Waals surface area contributed by atoms with Gasteiger partial charge in [-0.3, -0.25) is 0 Å². The van der Waals surface area contributed by atoms with Crippen LogP contribution in [0.1, 0.15) is 11.3 Å². The van der Waals surface area contributed by atoms with E-state index >= 15 is 0 Å². The van der Waals surface area contributed by atoms with Crippen LogP contribution in [0, 0.1) is 6.92 Å². The summed E-state index contributed by atoms with van der Waals surface area (Å²) in [5.41, 5.74) is 2.39. The minimum absolute atomic E-state index is 0.990. The predicted octanol–water partition coefficient (Wildman–Crippen LogP) is 2.19. The van der Waals surface area contributed by atoms with E-state index in [0.717, 1.165) is 37.4 Å². The van der Waals surface area contributed by atoms with Gasteiger partial charge in [0, 0.05) is 38.1 Å². The quantitative estimate of drug-likeness (QED) is 0.897. The summed E-state index contributed by atoms with van der Waals surface area (Å²) in [6.45, 7) is 7.73. The van der Waals surface area contributed by atoms with Crippen LogP contribution in [0.4, 0.5) is 0 Å². The number of nitrogens with one attached hydrogen (secondary N) is 1. The largest absolute Gasteiger partial charge is 0.461 e. The van der Waals surface area contributed by atoms with Crippen molar-refractivity contribution in [1.29, 1.82) is 0 Å². The Balaban J connectivity index is 1.66. The molecule has 1 aliphatic heterocycles. The van der Waals surface area contributed by atoms with Gasteiger partial charge >= 0.3 is 0 Å². The van der Waals surface area contributed by atoms with Crippen LogP contribution >= 0.6 is 0 Å². The Bertz CT molecular complexity index is 526. The fourth-order valence-electron chi connectivity index (χ4n) is 2.59. The molecule has 1 saturated heterocycles. The van der Waals surface area contributed by atoms with E-state index in [1.54, 1.807) is 0 Å². The number of hydrogen-bond donors (Lipinski definition) is 1. The third-order valence-electron chi connectivity index (χ3n) is 3.63. The van der Waals surface area contributed by atoms with Crippen LogP contribution < -0.4 is 5.32 Å². The molecule has 0 saturated carbocycles. The van der Waals surface area contributed by atoms with Gasteiger partial charge in [0.25, 0.3) is 0 Å². The molecule has 0 aliphatic carbocycles. The van der Waals surface area contributed by atoms with E-state index in [1.165, 1.54) is 24.0 Å². The van der Waals surface area contributed by atoms with Gasteiger partial charge < -0.3 is 14.6 Å². The molecule has 3 nitrogen and oxygen atoms in total. The summed E-state index contributed by atoms with van der Waals surface area (Å²) in [4.78, 5) is 2.52. The van der Waals surface area contributed by atoms with Crippen LogP contribution in [0.2, 0.25) is 0 Å². The second kappa shape index (κ2) is 5.12. The molecule has 1 N–H and O–H groups in total. The molecular formula is C15H20N2O. The number of furan rings is 1. The van der Waals surface area contributed by atoms with Crippen molar-refractivity contribution in [2.75, 3.05) is 32.7 Å². The van der Waals surface area contributed by atoms with Gasteiger partial charge in [-0.15, -0.1) is 0 Å². The lowest BCUT2D eigenvalue weighted by atomic mass is 10.1. The van der Waals surface area contributed by atoms with Crippen molar-refractivity contribution in [2.45, 2.75) is 13.3 Å². The van der Waals surface area contributed by atoms with Gasteiger partial charge in [-0.2, -0.15) is 0 Å². The Kier molecular flexibility index (Phi) is 3.35. The number of aryl methyl sites for hydroxylation is 1. The Hall–Kier alpha value is -1.32. The van der Waals surface area contributed by atoms with Crippen molar-refractivity contribution in [2.24, 2.45) is 0 Å². The molecule has 0 unspecified atom stereocenters. The molecular weight excluding hydrogens is 224 g/mol. The van der Waals surface area contributed by atoms with Gasteiger partial charge in [-0.1, -0.05) is 12.1 Å². The summed E-state index contributed by atoms with van der Waals surface area (Å²) < 4.78 is 5.68. The predicted molar refractivity (Wildman–Crippen MR) is 74.0 cm³/mol. The molecule has 3 rings (SSSR count). The smallest absolute Gasteiger partial charge is 0.134 e. The SMILES string of the molecule is Cc1cc2ccc(CCN3CCNCC3)cc2o1. The fourth-order valence-corrected chi connectivity index (χ4v) is 2.59. The van der Waals surface area contributed by atoms with Gasteiger partial charge in [0.15, 0.2) is 0 Å². The van der Waals surface area contributed by atoms with Gasteiger partial charge in [0.1, 0.15) is 11.3 Å². The van der Waals surface area contributed by atoms with E-state index < -0.39 is 0 Å². The number of fused-ring (bicyclic) bond motifs is 1. The summed E-state index contributed by atoms with van der Waals surface area (Å²) >= 11 is 0. The van der Waals surface area contributed by atoms with Gasteiger partial charge in [0.05, 0.1) is 0 Å². The van der Waals surface area contributed by atoms with Crippen LogP contribution in [-0.4, -0.2) is 37.6 Å². The zero-order valence-corrected chi connectivity index (χ0v) is 10.9.